The molecule has 1 N–H and O–H groups in total. The van der Waals surface area contributed by atoms with Crippen molar-refractivity contribution < 1.29 is 17.6 Å². The van der Waals surface area contributed by atoms with Crippen LogP contribution in [-0.2, 0) is 10.0 Å². The Labute approximate surface area is 156 Å². The summed E-state index contributed by atoms with van der Waals surface area (Å²) >= 11 is 0. The molecule has 1 saturated heterocycles. The molecule has 0 aliphatic carbocycles. The summed E-state index contributed by atoms with van der Waals surface area (Å²) in [5, 5.41) is 3.15. The van der Waals surface area contributed by atoms with Gasteiger partial charge in [-0.15, -0.1) is 12.4 Å². The zero-order chi connectivity index (χ0) is 17.9. The minimum Gasteiger partial charge on any atom is -0.455 e. The largest absolute Gasteiger partial charge is 0.455 e. The van der Waals surface area contributed by atoms with E-state index in [-0.39, 0.29) is 34.7 Å². The van der Waals surface area contributed by atoms with Crippen LogP contribution in [0.15, 0.2) is 15.4 Å². The predicted molar refractivity (Wildman–Crippen MR) is 98.7 cm³/mol. The zero-order valence-corrected chi connectivity index (χ0v) is 16.9. The number of amides is 1. The molecule has 0 unspecified atom stereocenters. The van der Waals surface area contributed by atoms with Crippen molar-refractivity contribution in [3.05, 3.63) is 17.6 Å². The number of hydrogen-bond acceptors (Lipinski definition) is 5. The molecule has 7 nitrogen and oxygen atoms in total. The number of hydrogen-bond donors (Lipinski definition) is 1. The molecule has 0 spiro atoms. The first-order chi connectivity index (χ1) is 11.3. The van der Waals surface area contributed by atoms with E-state index in [9.17, 15) is 13.2 Å². The Hall–Kier alpha value is -1.09. The summed E-state index contributed by atoms with van der Waals surface area (Å²) in [5.74, 6) is 0.743. The lowest BCUT2D eigenvalue weighted by atomic mass is 9.93. The van der Waals surface area contributed by atoms with Gasteiger partial charge in [0.05, 0.1) is 0 Å². The van der Waals surface area contributed by atoms with E-state index in [2.05, 4.69) is 5.32 Å². The molecule has 1 fully saturated rings. The molecule has 1 aliphatic heterocycles. The SMILES string of the molecule is CNCCC1CCN(C(=O)c2cc(S(=O)(=O)N(C)C)c(C)o2)CC1.Cl. The van der Waals surface area contributed by atoms with Gasteiger partial charge in [-0.3, -0.25) is 4.79 Å². The topological polar surface area (TPSA) is 82.9 Å². The lowest BCUT2D eigenvalue weighted by molar-refractivity contribution is 0.0653. The van der Waals surface area contributed by atoms with Crippen LogP contribution in [0.2, 0.25) is 0 Å². The number of likely N-dealkylation sites (tertiary alicyclic amines) is 1. The highest BCUT2D eigenvalue weighted by molar-refractivity contribution is 7.89. The van der Waals surface area contributed by atoms with Gasteiger partial charge in [-0.2, -0.15) is 0 Å². The van der Waals surface area contributed by atoms with Crippen LogP contribution in [0, 0.1) is 12.8 Å². The predicted octanol–water partition coefficient (Wildman–Crippen LogP) is 1.72. The van der Waals surface area contributed by atoms with Gasteiger partial charge in [-0.1, -0.05) is 0 Å². The molecule has 1 aromatic rings. The average molecular weight is 394 g/mol. The lowest BCUT2D eigenvalue weighted by Gasteiger charge is -2.31. The molecule has 0 atom stereocenters. The first kappa shape index (κ1) is 22.0. The smallest absolute Gasteiger partial charge is 0.289 e. The van der Waals surface area contributed by atoms with Gasteiger partial charge in [0, 0.05) is 33.3 Å². The van der Waals surface area contributed by atoms with E-state index in [0.29, 0.717) is 19.0 Å². The molecular formula is C16H28ClN3O4S. The second-order valence-corrected chi connectivity index (χ2v) is 8.57. The van der Waals surface area contributed by atoms with Gasteiger partial charge in [-0.25, -0.2) is 12.7 Å². The minimum atomic E-state index is -3.61. The first-order valence-electron chi connectivity index (χ1n) is 8.24. The Balaban J connectivity index is 0.00000312. The van der Waals surface area contributed by atoms with Gasteiger partial charge in [0.15, 0.2) is 5.76 Å². The highest BCUT2D eigenvalue weighted by atomic mass is 35.5. The molecule has 2 rings (SSSR count). The molecule has 25 heavy (non-hydrogen) atoms. The number of carbonyl (C=O) groups excluding carboxylic acids is 1. The number of halogens is 1. The zero-order valence-electron chi connectivity index (χ0n) is 15.2. The summed E-state index contributed by atoms with van der Waals surface area (Å²) in [6, 6.07) is 1.35. The molecule has 0 bridgehead atoms. The van der Waals surface area contributed by atoms with E-state index in [1.807, 2.05) is 7.05 Å². The summed E-state index contributed by atoms with van der Waals surface area (Å²) < 4.78 is 31.1. The number of piperidine rings is 1. The Bertz CT molecular complexity index is 680. The lowest BCUT2D eigenvalue weighted by Crippen LogP contribution is -2.38. The molecule has 1 amide bonds. The van der Waals surface area contributed by atoms with Crippen molar-refractivity contribution >= 4 is 28.3 Å². The van der Waals surface area contributed by atoms with Crippen molar-refractivity contribution in [2.45, 2.75) is 31.1 Å². The Morgan fingerprint density at radius 3 is 2.48 bits per heavy atom. The van der Waals surface area contributed by atoms with Gasteiger partial charge in [0.1, 0.15) is 10.7 Å². The summed E-state index contributed by atoms with van der Waals surface area (Å²) in [4.78, 5) is 14.4. The molecule has 9 heteroatoms. The third-order valence-corrected chi connectivity index (χ3v) is 6.47. The fourth-order valence-corrected chi connectivity index (χ4v) is 4.01. The molecule has 0 aromatic carbocycles. The van der Waals surface area contributed by atoms with Crippen molar-refractivity contribution in [3.8, 4) is 0 Å². The minimum absolute atomic E-state index is 0. The van der Waals surface area contributed by atoms with Crippen molar-refractivity contribution in [2.75, 3.05) is 40.8 Å². The third kappa shape index (κ3) is 4.97. The van der Waals surface area contributed by atoms with E-state index >= 15 is 0 Å². The van der Waals surface area contributed by atoms with Gasteiger partial charge in [0.2, 0.25) is 10.0 Å². The summed E-state index contributed by atoms with van der Waals surface area (Å²) in [5.41, 5.74) is 0. The van der Waals surface area contributed by atoms with Crippen LogP contribution < -0.4 is 5.32 Å². The van der Waals surface area contributed by atoms with Crippen LogP contribution in [0.1, 0.15) is 35.6 Å². The number of nitrogens with one attached hydrogen (secondary N) is 1. The highest BCUT2D eigenvalue weighted by Gasteiger charge is 2.29. The van der Waals surface area contributed by atoms with Crippen LogP contribution in [0.5, 0.6) is 0 Å². The van der Waals surface area contributed by atoms with Crippen LogP contribution in [-0.4, -0.2) is 64.3 Å². The van der Waals surface area contributed by atoms with E-state index in [1.165, 1.54) is 20.2 Å². The van der Waals surface area contributed by atoms with Gasteiger partial charge >= 0.3 is 0 Å². The van der Waals surface area contributed by atoms with Crippen LogP contribution >= 0.6 is 12.4 Å². The van der Waals surface area contributed by atoms with E-state index in [0.717, 1.165) is 30.1 Å². The Morgan fingerprint density at radius 2 is 1.96 bits per heavy atom. The highest BCUT2D eigenvalue weighted by Crippen LogP contribution is 2.26. The van der Waals surface area contributed by atoms with Gasteiger partial charge < -0.3 is 14.6 Å². The standard InChI is InChI=1S/C16H27N3O4S.ClH/c1-12-15(24(21,22)18(3)4)11-14(23-12)16(20)19-9-6-13(7-10-19)5-8-17-2;/h11,13,17H,5-10H2,1-4H3;1H. The van der Waals surface area contributed by atoms with Gasteiger partial charge in [-0.05, 0) is 45.7 Å². The maximum Gasteiger partial charge on any atom is 0.289 e. The van der Waals surface area contributed by atoms with Crippen molar-refractivity contribution in [1.82, 2.24) is 14.5 Å². The maximum atomic E-state index is 12.6. The Kier molecular flexibility index (Phi) is 7.92. The number of nitrogens with zero attached hydrogens (tertiary/aromatic N) is 2. The number of aryl methyl sites for hydroxylation is 1. The normalized spacial score (nSPS) is 16.1. The molecule has 144 valence electrons. The summed E-state index contributed by atoms with van der Waals surface area (Å²) in [7, 11) is 1.25. The quantitative estimate of drug-likeness (QED) is 0.795. The first-order valence-corrected chi connectivity index (χ1v) is 9.68. The summed E-state index contributed by atoms with van der Waals surface area (Å²) in [6.45, 7) is 3.92. The molecule has 1 aliphatic rings. The second kappa shape index (κ2) is 9.02. The number of furan rings is 1. The fourth-order valence-electron chi connectivity index (χ4n) is 2.95. The van der Waals surface area contributed by atoms with Crippen molar-refractivity contribution in [3.63, 3.8) is 0 Å². The third-order valence-electron chi connectivity index (χ3n) is 4.55. The van der Waals surface area contributed by atoms with Gasteiger partial charge in [0.25, 0.3) is 5.91 Å². The van der Waals surface area contributed by atoms with E-state index in [1.54, 1.807) is 11.8 Å². The van der Waals surface area contributed by atoms with E-state index < -0.39 is 10.0 Å². The monoisotopic (exact) mass is 393 g/mol. The molecule has 1 aromatic heterocycles. The van der Waals surface area contributed by atoms with Crippen LogP contribution in [0.3, 0.4) is 0 Å². The van der Waals surface area contributed by atoms with Crippen LogP contribution in [0.25, 0.3) is 0 Å². The number of rotatable bonds is 6. The second-order valence-electron chi connectivity index (χ2n) is 6.45. The molecule has 2 heterocycles. The van der Waals surface area contributed by atoms with Crippen LogP contribution in [0.4, 0.5) is 0 Å². The fraction of sp³-hybridized carbons (Fsp3) is 0.688. The number of sulfonamides is 1. The maximum absolute atomic E-state index is 12.6. The molecule has 0 saturated carbocycles. The number of carbonyl (C=O) groups is 1. The Morgan fingerprint density at radius 1 is 1.36 bits per heavy atom. The van der Waals surface area contributed by atoms with E-state index in [4.69, 9.17) is 4.42 Å². The molecular weight excluding hydrogens is 366 g/mol. The van der Waals surface area contributed by atoms with Crippen molar-refractivity contribution in [2.24, 2.45) is 5.92 Å². The average Bonchev–Trinajstić information content (AvgIpc) is 2.95. The summed E-state index contributed by atoms with van der Waals surface area (Å²) in [6.07, 6.45) is 3.05. The van der Waals surface area contributed by atoms with Crippen molar-refractivity contribution in [1.29, 1.82) is 0 Å². The molecule has 0 radical (unpaired) electrons.